The van der Waals surface area contributed by atoms with E-state index in [0.29, 0.717) is 30.3 Å². The first-order valence-corrected chi connectivity index (χ1v) is 12.5. The maximum atomic E-state index is 12.4. The van der Waals surface area contributed by atoms with E-state index in [1.807, 2.05) is 50.3 Å². The second kappa shape index (κ2) is 12.9. The molecule has 0 aliphatic carbocycles. The topological polar surface area (TPSA) is 98.8 Å². The van der Waals surface area contributed by atoms with Crippen LogP contribution in [-0.4, -0.2) is 72.3 Å². The molecule has 3 aromatic heterocycles. The van der Waals surface area contributed by atoms with Gasteiger partial charge in [-0.1, -0.05) is 13.8 Å². The molecule has 0 spiro atoms. The van der Waals surface area contributed by atoms with Crippen LogP contribution < -0.4 is 15.0 Å². The summed E-state index contributed by atoms with van der Waals surface area (Å²) in [5.41, 5.74) is 3.00. The van der Waals surface area contributed by atoms with Gasteiger partial charge in [0.1, 0.15) is 17.6 Å². The number of hydrogen-bond acceptors (Lipinski definition) is 7. The molecule has 1 amide bonds. The van der Waals surface area contributed by atoms with Crippen LogP contribution in [0.1, 0.15) is 39.2 Å². The average molecular weight is 492 g/mol. The molecule has 0 radical (unpaired) electrons. The summed E-state index contributed by atoms with van der Waals surface area (Å²) in [5.74, 6) is 2.37. The molecule has 1 fully saturated rings. The minimum atomic E-state index is 0.249. The normalized spacial score (nSPS) is 13.4. The van der Waals surface area contributed by atoms with Crippen molar-refractivity contribution in [3.8, 4) is 22.9 Å². The monoisotopic (exact) mass is 491 g/mol. The van der Waals surface area contributed by atoms with Crippen LogP contribution in [0.25, 0.3) is 16.6 Å². The summed E-state index contributed by atoms with van der Waals surface area (Å²) in [6.45, 7) is 9.75. The predicted octanol–water partition coefficient (Wildman–Crippen LogP) is 3.59. The smallest absolute Gasteiger partial charge is 0.222 e. The van der Waals surface area contributed by atoms with Gasteiger partial charge >= 0.3 is 0 Å². The Morgan fingerprint density at radius 2 is 1.92 bits per heavy atom. The SMILES string of the molecule is CCOc1cc(-c2ccc(N3CCN(C(=O)CCC(C)C)CC3)nc2)c2c(C#N)cnn2c1.CNC. The second-order valence-electron chi connectivity index (χ2n) is 9.19. The van der Waals surface area contributed by atoms with E-state index in [1.165, 1.54) is 0 Å². The van der Waals surface area contributed by atoms with E-state index in [1.54, 1.807) is 16.9 Å². The highest BCUT2D eigenvalue weighted by molar-refractivity contribution is 5.85. The second-order valence-corrected chi connectivity index (χ2v) is 9.19. The molecule has 0 aromatic carbocycles. The molecule has 3 aromatic rings. The first-order valence-electron chi connectivity index (χ1n) is 12.5. The Bertz CT molecular complexity index is 1170. The zero-order valence-electron chi connectivity index (χ0n) is 22.0. The van der Waals surface area contributed by atoms with Crippen LogP contribution in [-0.2, 0) is 4.79 Å². The first-order chi connectivity index (χ1) is 17.4. The minimum Gasteiger partial charge on any atom is -0.492 e. The van der Waals surface area contributed by atoms with Crippen molar-refractivity contribution in [1.29, 1.82) is 5.26 Å². The maximum Gasteiger partial charge on any atom is 0.222 e. The van der Waals surface area contributed by atoms with Gasteiger partial charge in [0.15, 0.2) is 0 Å². The zero-order chi connectivity index (χ0) is 26.1. The number of nitriles is 1. The van der Waals surface area contributed by atoms with Gasteiger partial charge < -0.3 is 19.9 Å². The Morgan fingerprint density at radius 3 is 2.50 bits per heavy atom. The van der Waals surface area contributed by atoms with E-state index < -0.39 is 0 Å². The average Bonchev–Trinajstić information content (AvgIpc) is 3.31. The number of hydrogen-bond donors (Lipinski definition) is 1. The lowest BCUT2D eigenvalue weighted by molar-refractivity contribution is -0.131. The molecule has 9 nitrogen and oxygen atoms in total. The third kappa shape index (κ3) is 6.52. The summed E-state index contributed by atoms with van der Waals surface area (Å²) in [6.07, 6.45) is 6.74. The van der Waals surface area contributed by atoms with Crippen molar-refractivity contribution in [3.05, 3.63) is 42.4 Å². The number of amides is 1. The third-order valence-electron chi connectivity index (χ3n) is 5.97. The van der Waals surface area contributed by atoms with E-state index in [2.05, 4.69) is 35.2 Å². The van der Waals surface area contributed by atoms with Gasteiger partial charge in [-0.15, -0.1) is 0 Å². The van der Waals surface area contributed by atoms with Crippen LogP contribution in [0.2, 0.25) is 0 Å². The Hall–Kier alpha value is -3.64. The molecule has 0 saturated carbocycles. The largest absolute Gasteiger partial charge is 0.492 e. The fourth-order valence-corrected chi connectivity index (χ4v) is 4.13. The Morgan fingerprint density at radius 1 is 1.19 bits per heavy atom. The van der Waals surface area contributed by atoms with Gasteiger partial charge in [0.2, 0.25) is 5.91 Å². The fourth-order valence-electron chi connectivity index (χ4n) is 4.13. The molecule has 1 saturated heterocycles. The summed E-state index contributed by atoms with van der Waals surface area (Å²) in [7, 11) is 3.75. The van der Waals surface area contributed by atoms with E-state index in [9.17, 15) is 10.1 Å². The van der Waals surface area contributed by atoms with Crippen molar-refractivity contribution in [2.45, 2.75) is 33.6 Å². The van der Waals surface area contributed by atoms with E-state index in [0.717, 1.165) is 55.1 Å². The molecule has 0 unspecified atom stereocenters. The Labute approximate surface area is 213 Å². The number of carbonyl (C=O) groups is 1. The highest BCUT2D eigenvalue weighted by Crippen LogP contribution is 2.31. The molecule has 0 atom stereocenters. The first kappa shape index (κ1) is 27.0. The summed E-state index contributed by atoms with van der Waals surface area (Å²) < 4.78 is 7.38. The van der Waals surface area contributed by atoms with Crippen molar-refractivity contribution >= 4 is 17.2 Å². The van der Waals surface area contributed by atoms with Crippen molar-refractivity contribution in [2.75, 3.05) is 51.8 Å². The molecule has 192 valence electrons. The zero-order valence-corrected chi connectivity index (χ0v) is 22.0. The number of aromatic nitrogens is 3. The molecule has 4 heterocycles. The van der Waals surface area contributed by atoms with Crippen LogP contribution in [0.15, 0.2) is 36.8 Å². The lowest BCUT2D eigenvalue weighted by Crippen LogP contribution is -2.49. The van der Waals surface area contributed by atoms with Gasteiger partial charge in [-0.25, -0.2) is 9.50 Å². The van der Waals surface area contributed by atoms with Crippen LogP contribution >= 0.6 is 0 Å². The van der Waals surface area contributed by atoms with Crippen molar-refractivity contribution in [1.82, 2.24) is 24.8 Å². The van der Waals surface area contributed by atoms with Gasteiger partial charge in [-0.05, 0) is 51.6 Å². The van der Waals surface area contributed by atoms with Crippen molar-refractivity contribution in [2.24, 2.45) is 5.92 Å². The van der Waals surface area contributed by atoms with Crippen LogP contribution in [0, 0.1) is 17.2 Å². The number of carbonyl (C=O) groups excluding carboxylic acids is 1. The molecule has 36 heavy (non-hydrogen) atoms. The van der Waals surface area contributed by atoms with E-state index in [-0.39, 0.29) is 5.91 Å². The lowest BCUT2D eigenvalue weighted by atomic mass is 10.1. The number of nitrogens with zero attached hydrogens (tertiary/aromatic N) is 6. The number of fused-ring (bicyclic) bond motifs is 1. The van der Waals surface area contributed by atoms with Gasteiger partial charge in [0.05, 0.1) is 30.1 Å². The summed E-state index contributed by atoms with van der Waals surface area (Å²) >= 11 is 0. The molecule has 1 N–H and O–H groups in total. The fraction of sp³-hybridized carbons (Fsp3) is 0.481. The van der Waals surface area contributed by atoms with Gasteiger partial charge in [-0.2, -0.15) is 10.4 Å². The van der Waals surface area contributed by atoms with Crippen LogP contribution in [0.3, 0.4) is 0 Å². The number of nitrogens with one attached hydrogen (secondary N) is 1. The van der Waals surface area contributed by atoms with Gasteiger partial charge in [0, 0.05) is 49.9 Å². The minimum absolute atomic E-state index is 0.249. The molecule has 4 rings (SSSR count). The molecule has 0 bridgehead atoms. The number of piperazine rings is 1. The van der Waals surface area contributed by atoms with Crippen molar-refractivity contribution < 1.29 is 9.53 Å². The Kier molecular flexibility index (Phi) is 9.65. The standard InChI is InChI=1S/C25H30N6O2.C2H7N/c1-4-33-21-13-22(25-20(14-26)16-28-31(25)17-21)19-6-7-23(27-15-19)29-9-11-30(12-10-29)24(32)8-5-18(2)3;1-3-2/h6-7,13,15-18H,4-5,8-12H2,1-3H3;3H,1-2H3. The predicted molar refractivity (Wildman–Crippen MR) is 142 cm³/mol. The highest BCUT2D eigenvalue weighted by Gasteiger charge is 2.22. The molecule has 1 aliphatic rings. The molecule has 9 heteroatoms. The number of rotatable bonds is 7. The highest BCUT2D eigenvalue weighted by atomic mass is 16.5. The molecule has 1 aliphatic heterocycles. The summed E-state index contributed by atoms with van der Waals surface area (Å²) in [5, 5.41) is 16.6. The maximum absolute atomic E-state index is 12.4. The van der Waals surface area contributed by atoms with E-state index >= 15 is 0 Å². The van der Waals surface area contributed by atoms with Crippen LogP contribution in [0.5, 0.6) is 5.75 Å². The number of ether oxygens (including phenoxy) is 1. The third-order valence-corrected chi connectivity index (χ3v) is 5.97. The molecular formula is C27H37N7O2. The quantitative estimate of drug-likeness (QED) is 0.539. The Balaban J connectivity index is 0.00000115. The van der Waals surface area contributed by atoms with Gasteiger partial charge in [0.25, 0.3) is 0 Å². The lowest BCUT2D eigenvalue weighted by Gasteiger charge is -2.35. The summed E-state index contributed by atoms with van der Waals surface area (Å²) in [4.78, 5) is 21.3. The summed E-state index contributed by atoms with van der Waals surface area (Å²) in [6, 6.07) is 8.16. The number of anilines is 1. The van der Waals surface area contributed by atoms with E-state index in [4.69, 9.17) is 9.72 Å². The van der Waals surface area contributed by atoms with Gasteiger partial charge in [-0.3, -0.25) is 4.79 Å². The molecular weight excluding hydrogens is 454 g/mol. The van der Waals surface area contributed by atoms with Crippen LogP contribution in [0.4, 0.5) is 5.82 Å². The van der Waals surface area contributed by atoms with Crippen molar-refractivity contribution in [3.63, 3.8) is 0 Å². The number of pyridine rings is 2.